The van der Waals surface area contributed by atoms with E-state index in [1.165, 1.54) is 0 Å². The monoisotopic (exact) mass is 411 g/mol. The van der Waals surface area contributed by atoms with Crippen molar-refractivity contribution < 1.29 is 4.79 Å². The Morgan fingerprint density at radius 2 is 1.74 bits per heavy atom. The van der Waals surface area contributed by atoms with Crippen molar-refractivity contribution in [2.75, 3.05) is 31.1 Å². The van der Waals surface area contributed by atoms with Gasteiger partial charge in [-0.3, -0.25) is 4.79 Å². The number of piperazine rings is 1. The maximum atomic E-state index is 12.7. The summed E-state index contributed by atoms with van der Waals surface area (Å²) >= 11 is 0. The van der Waals surface area contributed by atoms with Crippen LogP contribution in [-0.4, -0.2) is 51.9 Å². The third kappa shape index (κ3) is 4.28. The van der Waals surface area contributed by atoms with E-state index < -0.39 is 0 Å². The molecule has 5 rings (SSSR count). The van der Waals surface area contributed by atoms with E-state index in [9.17, 15) is 4.79 Å². The molecule has 4 aromatic rings. The molecule has 31 heavy (non-hydrogen) atoms. The molecule has 0 radical (unpaired) electrons. The molecule has 156 valence electrons. The summed E-state index contributed by atoms with van der Waals surface area (Å²) in [7, 11) is 0. The number of fused-ring (bicyclic) bond motifs is 1. The van der Waals surface area contributed by atoms with Crippen LogP contribution in [0.3, 0.4) is 0 Å². The Morgan fingerprint density at radius 3 is 2.52 bits per heavy atom. The normalized spacial score (nSPS) is 14.2. The molecule has 6 nitrogen and oxygen atoms in total. The van der Waals surface area contributed by atoms with Crippen molar-refractivity contribution in [3.8, 4) is 11.4 Å². The first-order chi connectivity index (χ1) is 15.3. The van der Waals surface area contributed by atoms with Crippen molar-refractivity contribution in [2.45, 2.75) is 12.8 Å². The number of hydrogen-bond donors (Lipinski definition) is 1. The fraction of sp³-hybridized carbons (Fsp3) is 0.240. The molecule has 0 atom stereocenters. The van der Waals surface area contributed by atoms with Crippen LogP contribution < -0.4 is 4.90 Å². The molecule has 0 spiro atoms. The van der Waals surface area contributed by atoms with E-state index in [-0.39, 0.29) is 5.91 Å². The topological polar surface area (TPSA) is 65.1 Å². The van der Waals surface area contributed by atoms with E-state index in [0.29, 0.717) is 6.42 Å². The number of rotatable bonds is 5. The maximum Gasteiger partial charge on any atom is 0.223 e. The number of benzene rings is 2. The number of aromatic nitrogens is 3. The Balaban J connectivity index is 1.18. The SMILES string of the molecule is O=C(CCc1ccc2nc(-c3ccccc3)[nH]c2c1)N1CCN(c2ccccn2)CC1. The standard InChI is InChI=1S/C25H25N5O/c31-24(30-16-14-29(15-17-30)23-8-4-5-13-26-23)12-10-19-9-11-21-22(18-19)28-25(27-21)20-6-2-1-3-7-20/h1-9,11,13,18H,10,12,14-17H2,(H,27,28). The number of carbonyl (C=O) groups excluding carboxylic acids is 1. The number of aromatic amines is 1. The van der Waals surface area contributed by atoms with Gasteiger partial charge in [-0.2, -0.15) is 0 Å². The average molecular weight is 412 g/mol. The summed E-state index contributed by atoms with van der Waals surface area (Å²) in [6, 6.07) is 22.3. The minimum absolute atomic E-state index is 0.218. The zero-order valence-corrected chi connectivity index (χ0v) is 17.4. The van der Waals surface area contributed by atoms with E-state index in [1.54, 1.807) is 0 Å². The molecule has 2 aromatic heterocycles. The largest absolute Gasteiger partial charge is 0.353 e. The van der Waals surface area contributed by atoms with Crippen molar-refractivity contribution >= 4 is 22.8 Å². The lowest BCUT2D eigenvalue weighted by atomic mass is 10.1. The summed E-state index contributed by atoms with van der Waals surface area (Å²) in [5, 5.41) is 0. The number of amides is 1. The summed E-state index contributed by atoms with van der Waals surface area (Å²) in [5.74, 6) is 2.07. The van der Waals surface area contributed by atoms with Crippen LogP contribution in [0.2, 0.25) is 0 Å². The molecule has 3 heterocycles. The van der Waals surface area contributed by atoms with Crippen LogP contribution in [0, 0.1) is 0 Å². The Labute approximate surface area is 181 Å². The van der Waals surface area contributed by atoms with Gasteiger partial charge >= 0.3 is 0 Å². The molecule has 1 aliphatic rings. The third-order valence-corrected chi connectivity index (χ3v) is 5.83. The zero-order valence-electron chi connectivity index (χ0n) is 17.4. The summed E-state index contributed by atoms with van der Waals surface area (Å²) in [6.07, 6.45) is 3.07. The highest BCUT2D eigenvalue weighted by Crippen LogP contribution is 2.22. The summed E-state index contributed by atoms with van der Waals surface area (Å²) in [6.45, 7) is 3.14. The van der Waals surface area contributed by atoms with E-state index in [1.807, 2.05) is 65.7 Å². The molecule has 6 heteroatoms. The Hall–Kier alpha value is -3.67. The third-order valence-electron chi connectivity index (χ3n) is 5.83. The number of aryl methyl sites for hydroxylation is 1. The van der Waals surface area contributed by atoms with E-state index in [4.69, 9.17) is 0 Å². The van der Waals surface area contributed by atoms with Crippen molar-refractivity contribution in [3.05, 3.63) is 78.5 Å². The molecule has 1 fully saturated rings. The van der Waals surface area contributed by atoms with Gasteiger partial charge in [0.2, 0.25) is 5.91 Å². The first-order valence-electron chi connectivity index (χ1n) is 10.7. The number of H-pyrrole nitrogens is 1. The molecular formula is C25H25N5O. The number of carbonyl (C=O) groups is 1. The van der Waals surface area contributed by atoms with E-state index >= 15 is 0 Å². The summed E-state index contributed by atoms with van der Waals surface area (Å²) < 4.78 is 0. The molecule has 2 aromatic carbocycles. The minimum atomic E-state index is 0.218. The zero-order chi connectivity index (χ0) is 21.0. The van der Waals surface area contributed by atoms with E-state index in [0.717, 1.165) is 66.4 Å². The van der Waals surface area contributed by atoms with Gasteiger partial charge in [-0.15, -0.1) is 0 Å². The minimum Gasteiger partial charge on any atom is -0.353 e. The van der Waals surface area contributed by atoms with Crippen LogP contribution in [-0.2, 0) is 11.2 Å². The molecule has 0 bridgehead atoms. The molecule has 1 N–H and O–H groups in total. The fourth-order valence-electron chi connectivity index (χ4n) is 4.08. The van der Waals surface area contributed by atoms with Gasteiger partial charge in [0, 0.05) is 44.4 Å². The van der Waals surface area contributed by atoms with Crippen molar-refractivity contribution in [1.29, 1.82) is 0 Å². The molecule has 1 aliphatic heterocycles. The molecule has 0 aliphatic carbocycles. The summed E-state index contributed by atoms with van der Waals surface area (Å²) in [4.78, 5) is 29.4. The second-order valence-electron chi connectivity index (χ2n) is 7.86. The van der Waals surface area contributed by atoms with Gasteiger partial charge in [0.15, 0.2) is 0 Å². The van der Waals surface area contributed by atoms with Crippen molar-refractivity contribution in [1.82, 2.24) is 19.9 Å². The average Bonchev–Trinajstić information content (AvgIpc) is 3.27. The lowest BCUT2D eigenvalue weighted by Crippen LogP contribution is -2.49. The van der Waals surface area contributed by atoms with Gasteiger partial charge in [-0.1, -0.05) is 42.5 Å². The Bertz CT molecular complexity index is 1160. The Kier molecular flexibility index (Phi) is 5.35. The highest BCUT2D eigenvalue weighted by atomic mass is 16.2. The quantitative estimate of drug-likeness (QED) is 0.541. The van der Waals surface area contributed by atoms with Crippen LogP contribution in [0.25, 0.3) is 22.4 Å². The number of nitrogens with one attached hydrogen (secondary N) is 1. The lowest BCUT2D eigenvalue weighted by Gasteiger charge is -2.35. The fourth-order valence-corrected chi connectivity index (χ4v) is 4.08. The first kappa shape index (κ1) is 19.3. The highest BCUT2D eigenvalue weighted by Gasteiger charge is 2.21. The first-order valence-corrected chi connectivity index (χ1v) is 10.7. The van der Waals surface area contributed by atoms with Crippen LogP contribution in [0.4, 0.5) is 5.82 Å². The number of hydrogen-bond acceptors (Lipinski definition) is 4. The number of imidazole rings is 1. The summed E-state index contributed by atoms with van der Waals surface area (Å²) in [5.41, 5.74) is 4.17. The van der Waals surface area contributed by atoms with Crippen LogP contribution in [0.5, 0.6) is 0 Å². The molecule has 1 amide bonds. The maximum absolute atomic E-state index is 12.7. The van der Waals surface area contributed by atoms with Crippen LogP contribution in [0.1, 0.15) is 12.0 Å². The lowest BCUT2D eigenvalue weighted by molar-refractivity contribution is -0.131. The van der Waals surface area contributed by atoms with Crippen molar-refractivity contribution in [3.63, 3.8) is 0 Å². The molecule has 0 unspecified atom stereocenters. The van der Waals surface area contributed by atoms with Gasteiger partial charge in [0.05, 0.1) is 11.0 Å². The Morgan fingerprint density at radius 1 is 0.935 bits per heavy atom. The highest BCUT2D eigenvalue weighted by molar-refractivity contribution is 5.80. The number of anilines is 1. The second-order valence-corrected chi connectivity index (χ2v) is 7.86. The molecule has 1 saturated heterocycles. The predicted molar refractivity (Wildman–Crippen MR) is 123 cm³/mol. The van der Waals surface area contributed by atoms with E-state index in [2.05, 4.69) is 32.0 Å². The smallest absolute Gasteiger partial charge is 0.223 e. The van der Waals surface area contributed by atoms with Gasteiger partial charge in [-0.05, 0) is 36.2 Å². The van der Waals surface area contributed by atoms with Gasteiger partial charge in [-0.25, -0.2) is 9.97 Å². The van der Waals surface area contributed by atoms with Gasteiger partial charge in [0.1, 0.15) is 11.6 Å². The molecule has 0 saturated carbocycles. The number of pyridine rings is 1. The number of nitrogens with zero attached hydrogens (tertiary/aromatic N) is 4. The predicted octanol–water partition coefficient (Wildman–Crippen LogP) is 3.91. The van der Waals surface area contributed by atoms with Crippen molar-refractivity contribution in [2.24, 2.45) is 0 Å². The van der Waals surface area contributed by atoms with Gasteiger partial charge in [0.25, 0.3) is 0 Å². The van der Waals surface area contributed by atoms with Crippen LogP contribution in [0.15, 0.2) is 72.9 Å². The second kappa shape index (κ2) is 8.60. The molecular weight excluding hydrogens is 386 g/mol. The van der Waals surface area contributed by atoms with Gasteiger partial charge < -0.3 is 14.8 Å². The van der Waals surface area contributed by atoms with Crippen LogP contribution >= 0.6 is 0 Å².